The number of unbranched alkanes of at least 4 members (excludes halogenated alkanes) is 24. The Kier molecular flexibility index (Phi) is 58.9. The number of esters is 3. The summed E-state index contributed by atoms with van der Waals surface area (Å²) in [7, 11) is 0. The summed E-state index contributed by atoms with van der Waals surface area (Å²) < 4.78 is 16.9. The molecule has 0 unspecified atom stereocenters. The predicted molar refractivity (Wildman–Crippen MR) is 325 cm³/mol. The molecule has 0 N–H and O–H groups in total. The average Bonchev–Trinajstić information content (AvgIpc) is 3.41. The van der Waals surface area contributed by atoms with E-state index in [0.29, 0.717) is 19.3 Å². The Bertz CT molecular complexity index is 1570. The van der Waals surface area contributed by atoms with Crippen LogP contribution in [0.2, 0.25) is 0 Å². The van der Waals surface area contributed by atoms with E-state index in [1.54, 1.807) is 0 Å². The summed E-state index contributed by atoms with van der Waals surface area (Å²) in [6.45, 7) is 6.45. The highest BCUT2D eigenvalue weighted by Gasteiger charge is 2.19. The van der Waals surface area contributed by atoms with Crippen LogP contribution in [0.25, 0.3) is 0 Å². The maximum atomic E-state index is 12.9. The van der Waals surface area contributed by atoms with Crippen molar-refractivity contribution in [1.29, 1.82) is 0 Å². The predicted octanol–water partition coefficient (Wildman–Crippen LogP) is 21.2. The van der Waals surface area contributed by atoms with Gasteiger partial charge in [-0.05, 0) is 135 Å². The maximum Gasteiger partial charge on any atom is 0.306 e. The first-order valence-corrected chi connectivity index (χ1v) is 31.0. The summed E-state index contributed by atoms with van der Waals surface area (Å²) in [5, 5.41) is 0. The minimum atomic E-state index is -0.811. The van der Waals surface area contributed by atoms with Crippen molar-refractivity contribution in [2.45, 2.75) is 284 Å². The van der Waals surface area contributed by atoms with Crippen molar-refractivity contribution in [3.8, 4) is 0 Å². The highest BCUT2D eigenvalue weighted by atomic mass is 16.6. The summed E-state index contributed by atoms with van der Waals surface area (Å²) >= 11 is 0. The molecular formula is C69H114O6. The van der Waals surface area contributed by atoms with Crippen LogP contribution in [0.4, 0.5) is 0 Å². The van der Waals surface area contributed by atoms with Crippen LogP contribution in [-0.4, -0.2) is 37.2 Å². The molecule has 0 aliphatic carbocycles. The van der Waals surface area contributed by atoms with Crippen LogP contribution in [0, 0.1) is 0 Å². The maximum absolute atomic E-state index is 12.9. The minimum Gasteiger partial charge on any atom is -0.462 e. The van der Waals surface area contributed by atoms with E-state index >= 15 is 0 Å². The highest BCUT2D eigenvalue weighted by molar-refractivity contribution is 5.71. The molecule has 0 saturated carbocycles. The van der Waals surface area contributed by atoms with Crippen molar-refractivity contribution in [2.75, 3.05) is 13.2 Å². The van der Waals surface area contributed by atoms with E-state index in [1.807, 2.05) is 0 Å². The first-order valence-electron chi connectivity index (χ1n) is 31.0. The van der Waals surface area contributed by atoms with Gasteiger partial charge in [0.1, 0.15) is 13.2 Å². The van der Waals surface area contributed by atoms with Crippen LogP contribution in [0.1, 0.15) is 278 Å². The molecule has 75 heavy (non-hydrogen) atoms. The fraction of sp³-hybridized carbons (Fsp3) is 0.667. The van der Waals surface area contributed by atoms with E-state index in [-0.39, 0.29) is 31.1 Å². The quantitative estimate of drug-likeness (QED) is 0.0261. The van der Waals surface area contributed by atoms with Crippen LogP contribution < -0.4 is 0 Å². The summed E-state index contributed by atoms with van der Waals surface area (Å²) in [6.07, 6.45) is 86.2. The van der Waals surface area contributed by atoms with E-state index < -0.39 is 6.10 Å². The molecule has 0 radical (unpaired) electrons. The zero-order valence-electron chi connectivity index (χ0n) is 48.8. The lowest BCUT2D eigenvalue weighted by atomic mass is 10.1. The smallest absolute Gasteiger partial charge is 0.306 e. The zero-order valence-corrected chi connectivity index (χ0v) is 48.8. The van der Waals surface area contributed by atoms with Crippen molar-refractivity contribution in [3.63, 3.8) is 0 Å². The number of carbonyl (C=O) groups excluding carboxylic acids is 3. The third-order valence-electron chi connectivity index (χ3n) is 12.9. The van der Waals surface area contributed by atoms with Crippen LogP contribution in [-0.2, 0) is 28.6 Å². The first-order chi connectivity index (χ1) is 37.0. The van der Waals surface area contributed by atoms with E-state index in [1.165, 1.54) is 116 Å². The largest absolute Gasteiger partial charge is 0.462 e. The molecule has 0 spiro atoms. The molecule has 0 amide bonds. The summed E-state index contributed by atoms with van der Waals surface area (Å²) in [4.78, 5) is 38.3. The molecule has 0 aliphatic rings. The van der Waals surface area contributed by atoms with Crippen molar-refractivity contribution < 1.29 is 28.6 Å². The van der Waals surface area contributed by atoms with Gasteiger partial charge in [-0.25, -0.2) is 0 Å². The van der Waals surface area contributed by atoms with Crippen molar-refractivity contribution in [2.24, 2.45) is 0 Å². The van der Waals surface area contributed by atoms with Gasteiger partial charge in [-0.15, -0.1) is 0 Å². The van der Waals surface area contributed by atoms with Gasteiger partial charge in [0.2, 0.25) is 0 Å². The van der Waals surface area contributed by atoms with Gasteiger partial charge in [0.15, 0.2) is 6.10 Å². The molecule has 0 saturated heterocycles. The van der Waals surface area contributed by atoms with Crippen molar-refractivity contribution in [1.82, 2.24) is 0 Å². The first kappa shape index (κ1) is 70.8. The summed E-state index contributed by atoms with van der Waals surface area (Å²) in [5.41, 5.74) is 0. The standard InChI is InChI=1S/C69H114O6/c1-4-7-10-13-16-19-22-25-28-31-34-37-40-43-46-49-52-55-58-61-67(70)73-64-66(75-69(72)63-60-57-54-51-48-45-42-39-36-33-30-27-24-21-18-15-12-9-6-3)65-74-68(71)62-59-56-53-50-47-44-41-38-35-32-29-26-23-20-17-14-11-8-5-2/h7,10,16-17,19-20,25-30,34-35,37-38,43-44,46-47,66H,4-6,8-9,11-15,18,21-24,31-33,36,39-42,45,48-65H2,1-3H3/b10-7-,19-16-,20-17-,28-25-,29-26-,30-27-,37-34-,38-35-,46-43-,47-44-/t66-/m1/s1. The SMILES string of the molecule is CC/C=C\C/C=C\C/C=C\C/C=C\C/C=C\CCCCCC(=O)OC[C@H](COC(=O)CCCCC/C=C\C/C=C\C/C=C\C/C=C\CCCCC)OC(=O)CCCCCCCCCCC/C=C\CCCCCCCC. The lowest BCUT2D eigenvalue weighted by molar-refractivity contribution is -0.167. The molecule has 0 bridgehead atoms. The van der Waals surface area contributed by atoms with Gasteiger partial charge in [0.25, 0.3) is 0 Å². The van der Waals surface area contributed by atoms with Gasteiger partial charge in [-0.2, -0.15) is 0 Å². The molecule has 6 heteroatoms. The average molecular weight is 1040 g/mol. The van der Waals surface area contributed by atoms with Gasteiger partial charge in [-0.3, -0.25) is 14.4 Å². The molecular weight excluding hydrogens is 925 g/mol. The third-order valence-corrected chi connectivity index (χ3v) is 12.9. The molecule has 0 fully saturated rings. The molecule has 0 aromatic heterocycles. The number of hydrogen-bond donors (Lipinski definition) is 0. The Hall–Kier alpha value is -4.19. The molecule has 1 atom stereocenters. The summed E-state index contributed by atoms with van der Waals surface area (Å²) in [5.74, 6) is -0.967. The number of allylic oxidation sites excluding steroid dienone is 20. The zero-order chi connectivity index (χ0) is 54.3. The van der Waals surface area contributed by atoms with Crippen LogP contribution >= 0.6 is 0 Å². The number of hydrogen-bond acceptors (Lipinski definition) is 6. The molecule has 0 aromatic rings. The van der Waals surface area contributed by atoms with Crippen LogP contribution in [0.3, 0.4) is 0 Å². The van der Waals surface area contributed by atoms with Gasteiger partial charge in [0.05, 0.1) is 0 Å². The van der Waals surface area contributed by atoms with Crippen LogP contribution in [0.5, 0.6) is 0 Å². The Morgan fingerprint density at radius 2 is 0.520 bits per heavy atom. The molecule has 6 nitrogen and oxygen atoms in total. The molecule has 0 heterocycles. The van der Waals surface area contributed by atoms with E-state index in [2.05, 4.69) is 142 Å². The molecule has 0 aromatic carbocycles. The second kappa shape index (κ2) is 62.4. The normalized spacial score (nSPS) is 12.9. The number of carbonyl (C=O) groups is 3. The molecule has 426 valence electrons. The molecule has 0 aliphatic heterocycles. The lowest BCUT2D eigenvalue weighted by Gasteiger charge is -2.18. The minimum absolute atomic E-state index is 0.108. The lowest BCUT2D eigenvalue weighted by Crippen LogP contribution is -2.30. The van der Waals surface area contributed by atoms with E-state index in [9.17, 15) is 14.4 Å². The van der Waals surface area contributed by atoms with Gasteiger partial charge in [-0.1, -0.05) is 245 Å². The molecule has 0 rings (SSSR count). The Morgan fingerprint density at radius 1 is 0.280 bits per heavy atom. The fourth-order valence-corrected chi connectivity index (χ4v) is 8.27. The van der Waals surface area contributed by atoms with Crippen LogP contribution in [0.15, 0.2) is 122 Å². The Labute approximate surface area is 462 Å². The highest BCUT2D eigenvalue weighted by Crippen LogP contribution is 2.15. The number of rotatable bonds is 55. The van der Waals surface area contributed by atoms with Crippen molar-refractivity contribution >= 4 is 17.9 Å². The van der Waals surface area contributed by atoms with Gasteiger partial charge < -0.3 is 14.2 Å². The third kappa shape index (κ3) is 60.6. The Morgan fingerprint density at radius 3 is 0.867 bits per heavy atom. The van der Waals surface area contributed by atoms with E-state index in [0.717, 1.165) is 122 Å². The fourth-order valence-electron chi connectivity index (χ4n) is 8.27. The monoisotopic (exact) mass is 1040 g/mol. The number of ether oxygens (including phenoxy) is 3. The summed E-state index contributed by atoms with van der Waals surface area (Å²) in [6, 6.07) is 0. The second-order valence-electron chi connectivity index (χ2n) is 20.2. The topological polar surface area (TPSA) is 78.9 Å². The van der Waals surface area contributed by atoms with Gasteiger partial charge >= 0.3 is 17.9 Å². The van der Waals surface area contributed by atoms with Gasteiger partial charge in [0, 0.05) is 19.3 Å². The van der Waals surface area contributed by atoms with E-state index in [4.69, 9.17) is 14.2 Å². The second-order valence-corrected chi connectivity index (χ2v) is 20.2. The van der Waals surface area contributed by atoms with Crippen molar-refractivity contribution in [3.05, 3.63) is 122 Å². The Balaban J connectivity index is 4.52.